The predicted octanol–water partition coefficient (Wildman–Crippen LogP) is 6.09. The maximum Gasteiger partial charge on any atom is 0.225 e. The second kappa shape index (κ2) is 9.68. The number of benzene rings is 1. The van der Waals surface area contributed by atoms with Gasteiger partial charge in [-0.15, -0.1) is 0 Å². The van der Waals surface area contributed by atoms with Gasteiger partial charge in [0.2, 0.25) is 5.91 Å². The summed E-state index contributed by atoms with van der Waals surface area (Å²) in [7, 11) is 0. The molecule has 0 saturated carbocycles. The topological polar surface area (TPSA) is 58.4 Å². The quantitative estimate of drug-likeness (QED) is 0.496. The summed E-state index contributed by atoms with van der Waals surface area (Å²) in [5.41, 5.74) is 3.94. The van der Waals surface area contributed by atoms with Gasteiger partial charge < -0.3 is 9.73 Å². The molecule has 3 heterocycles. The third-order valence-electron chi connectivity index (χ3n) is 6.83. The Kier molecular flexibility index (Phi) is 6.89. The maximum atomic E-state index is 12.9. The Balaban J connectivity index is 1.56. The van der Waals surface area contributed by atoms with Crippen LogP contribution in [0.15, 0.2) is 47.0 Å². The fraction of sp³-hybridized carbons (Fsp3) is 0.500. The van der Waals surface area contributed by atoms with Crippen molar-refractivity contribution in [3.8, 4) is 0 Å². The van der Waals surface area contributed by atoms with Gasteiger partial charge in [0.25, 0.3) is 0 Å². The molecule has 0 bridgehead atoms. The first-order valence-corrected chi connectivity index (χ1v) is 12.2. The molecule has 1 aromatic carbocycles. The molecule has 4 rings (SSSR count). The molecule has 0 aliphatic carbocycles. The van der Waals surface area contributed by atoms with Gasteiger partial charge in [-0.3, -0.25) is 14.7 Å². The van der Waals surface area contributed by atoms with E-state index in [0.29, 0.717) is 6.04 Å². The minimum atomic E-state index is -0.442. The highest BCUT2D eigenvalue weighted by atomic mass is 16.3. The van der Waals surface area contributed by atoms with E-state index in [-0.39, 0.29) is 11.9 Å². The van der Waals surface area contributed by atoms with Gasteiger partial charge >= 0.3 is 0 Å². The lowest BCUT2D eigenvalue weighted by atomic mass is 9.91. The van der Waals surface area contributed by atoms with E-state index in [9.17, 15) is 4.79 Å². The van der Waals surface area contributed by atoms with E-state index in [1.807, 2.05) is 45.2 Å². The van der Waals surface area contributed by atoms with Crippen LogP contribution in [0.1, 0.15) is 75.1 Å². The molecule has 5 heteroatoms. The van der Waals surface area contributed by atoms with E-state index < -0.39 is 5.41 Å². The molecule has 1 amide bonds. The average molecular weight is 448 g/mol. The highest BCUT2D eigenvalue weighted by Gasteiger charge is 2.31. The molecule has 5 nitrogen and oxygen atoms in total. The summed E-state index contributed by atoms with van der Waals surface area (Å²) in [6.45, 7) is 12.0. The van der Waals surface area contributed by atoms with E-state index in [0.717, 1.165) is 43.0 Å². The van der Waals surface area contributed by atoms with Gasteiger partial charge in [-0.05, 0) is 69.5 Å². The summed E-state index contributed by atoms with van der Waals surface area (Å²) in [6.07, 6.45) is 6.17. The van der Waals surface area contributed by atoms with Crippen LogP contribution in [0.25, 0.3) is 11.0 Å². The Morgan fingerprint density at radius 2 is 2.03 bits per heavy atom. The number of aromatic nitrogens is 1. The second-order valence-corrected chi connectivity index (χ2v) is 10.5. The van der Waals surface area contributed by atoms with Crippen molar-refractivity contribution < 1.29 is 9.21 Å². The van der Waals surface area contributed by atoms with Crippen molar-refractivity contribution in [3.05, 3.63) is 65.2 Å². The number of amides is 1. The summed E-state index contributed by atoms with van der Waals surface area (Å²) in [5.74, 6) is 1.11. The van der Waals surface area contributed by atoms with Crippen molar-refractivity contribution in [2.24, 2.45) is 5.41 Å². The SMILES string of the molecule is Cc1ccc2oc(CN3CCCC[C@H]3C[C@@H](NC(=O)C(C)(C)C)c3ccccn3)c(C)c2c1. The standard InChI is InChI=1S/C28H37N3O2/c1-19-12-13-25-22(16-19)20(2)26(33-25)18-31-15-9-7-10-21(31)17-24(23-11-6-8-14-29-23)30-27(32)28(3,4)5/h6,8,11-14,16,21,24H,7,9-10,15,17-18H2,1-5H3,(H,30,32)/t21-,24+/m0/s1. The second-order valence-electron chi connectivity index (χ2n) is 10.5. The number of rotatable bonds is 6. The number of fused-ring (bicyclic) bond motifs is 1. The molecule has 33 heavy (non-hydrogen) atoms. The van der Waals surface area contributed by atoms with Crippen molar-refractivity contribution in [1.82, 2.24) is 15.2 Å². The van der Waals surface area contributed by atoms with Gasteiger partial charge in [0.15, 0.2) is 0 Å². The highest BCUT2D eigenvalue weighted by molar-refractivity contribution is 5.83. The minimum absolute atomic E-state index is 0.0593. The van der Waals surface area contributed by atoms with Gasteiger partial charge in [-0.25, -0.2) is 0 Å². The number of likely N-dealkylation sites (tertiary alicyclic amines) is 1. The number of carbonyl (C=O) groups excluding carboxylic acids is 1. The van der Waals surface area contributed by atoms with Crippen LogP contribution in [0.2, 0.25) is 0 Å². The fourth-order valence-corrected chi connectivity index (χ4v) is 4.74. The Morgan fingerprint density at radius 3 is 2.76 bits per heavy atom. The molecular weight excluding hydrogens is 410 g/mol. The molecule has 1 aliphatic heterocycles. The number of furan rings is 1. The Bertz CT molecular complexity index is 1100. The summed E-state index contributed by atoms with van der Waals surface area (Å²) in [4.78, 5) is 20.0. The Hall–Kier alpha value is -2.66. The summed E-state index contributed by atoms with van der Waals surface area (Å²) in [6, 6.07) is 12.6. The van der Waals surface area contributed by atoms with Gasteiger partial charge in [0.05, 0.1) is 18.3 Å². The fourth-order valence-electron chi connectivity index (χ4n) is 4.74. The van der Waals surface area contributed by atoms with Crippen molar-refractivity contribution in [2.45, 2.75) is 78.9 Å². The van der Waals surface area contributed by atoms with Gasteiger partial charge in [-0.1, -0.05) is 44.9 Å². The average Bonchev–Trinajstić information content (AvgIpc) is 3.09. The van der Waals surface area contributed by atoms with Crippen molar-refractivity contribution in [2.75, 3.05) is 6.54 Å². The van der Waals surface area contributed by atoms with Crippen molar-refractivity contribution >= 4 is 16.9 Å². The molecule has 1 aliphatic rings. The molecule has 1 N–H and O–H groups in total. The zero-order chi connectivity index (χ0) is 23.6. The lowest BCUT2D eigenvalue weighted by molar-refractivity contribution is -0.129. The van der Waals surface area contributed by atoms with Crippen molar-refractivity contribution in [1.29, 1.82) is 0 Å². The molecular formula is C28H37N3O2. The molecule has 2 atom stereocenters. The number of carbonyl (C=O) groups is 1. The molecule has 0 spiro atoms. The Labute approximate surface area is 197 Å². The van der Waals surface area contributed by atoms with Gasteiger partial charge in [0.1, 0.15) is 11.3 Å². The third kappa shape index (κ3) is 5.47. The molecule has 176 valence electrons. The lowest BCUT2D eigenvalue weighted by Crippen LogP contribution is -2.44. The summed E-state index contributed by atoms with van der Waals surface area (Å²) in [5, 5.41) is 4.50. The van der Waals surface area contributed by atoms with Crippen LogP contribution in [0, 0.1) is 19.3 Å². The summed E-state index contributed by atoms with van der Waals surface area (Å²) < 4.78 is 6.28. The van der Waals surface area contributed by atoms with Crippen LogP contribution in [-0.4, -0.2) is 28.4 Å². The molecule has 3 aromatic rings. The van der Waals surface area contributed by atoms with Crippen LogP contribution in [0.4, 0.5) is 0 Å². The lowest BCUT2D eigenvalue weighted by Gasteiger charge is -2.37. The zero-order valence-electron chi connectivity index (χ0n) is 20.6. The van der Waals surface area contributed by atoms with E-state index in [1.54, 1.807) is 0 Å². The number of nitrogens with one attached hydrogen (secondary N) is 1. The number of hydrogen-bond acceptors (Lipinski definition) is 4. The number of hydrogen-bond donors (Lipinski definition) is 1. The molecule has 2 aromatic heterocycles. The smallest absolute Gasteiger partial charge is 0.225 e. The van der Waals surface area contributed by atoms with E-state index in [4.69, 9.17) is 4.42 Å². The first-order valence-electron chi connectivity index (χ1n) is 12.2. The van der Waals surface area contributed by atoms with Crippen LogP contribution >= 0.6 is 0 Å². The van der Waals surface area contributed by atoms with Crippen LogP contribution in [0.3, 0.4) is 0 Å². The first-order chi connectivity index (χ1) is 15.7. The molecule has 1 fully saturated rings. The third-order valence-corrected chi connectivity index (χ3v) is 6.83. The van der Waals surface area contributed by atoms with Crippen LogP contribution in [0.5, 0.6) is 0 Å². The van der Waals surface area contributed by atoms with E-state index in [1.165, 1.54) is 29.4 Å². The van der Waals surface area contributed by atoms with Crippen LogP contribution in [-0.2, 0) is 11.3 Å². The number of pyridine rings is 1. The monoisotopic (exact) mass is 447 g/mol. The maximum absolute atomic E-state index is 12.9. The van der Waals surface area contributed by atoms with E-state index in [2.05, 4.69) is 47.2 Å². The van der Waals surface area contributed by atoms with Gasteiger partial charge in [-0.2, -0.15) is 0 Å². The van der Waals surface area contributed by atoms with Gasteiger partial charge in [0, 0.05) is 23.0 Å². The largest absolute Gasteiger partial charge is 0.459 e. The number of nitrogens with zero attached hydrogens (tertiary/aromatic N) is 2. The zero-order valence-corrected chi connectivity index (χ0v) is 20.6. The molecule has 0 unspecified atom stereocenters. The normalized spacial score (nSPS) is 18.4. The van der Waals surface area contributed by atoms with Crippen LogP contribution < -0.4 is 5.32 Å². The molecule has 0 radical (unpaired) electrons. The highest BCUT2D eigenvalue weighted by Crippen LogP contribution is 2.32. The Morgan fingerprint density at radius 1 is 1.21 bits per heavy atom. The predicted molar refractivity (Wildman–Crippen MR) is 133 cm³/mol. The minimum Gasteiger partial charge on any atom is -0.459 e. The number of aryl methyl sites for hydroxylation is 2. The first kappa shape index (κ1) is 23.5. The summed E-state index contributed by atoms with van der Waals surface area (Å²) >= 11 is 0. The number of piperidine rings is 1. The molecule has 1 saturated heterocycles. The van der Waals surface area contributed by atoms with Crippen molar-refractivity contribution in [3.63, 3.8) is 0 Å². The van der Waals surface area contributed by atoms with E-state index >= 15 is 0 Å².